The molecule has 0 saturated carbocycles. The van der Waals surface area contributed by atoms with Gasteiger partial charge in [0.15, 0.2) is 11.5 Å². The number of nitrogens with zero attached hydrogens (tertiary/aromatic N) is 2. The fourth-order valence-corrected chi connectivity index (χ4v) is 9.13. The third-order valence-corrected chi connectivity index (χ3v) is 11.6. The zero-order chi connectivity index (χ0) is 37.5. The van der Waals surface area contributed by atoms with Gasteiger partial charge in [0.1, 0.15) is 21.2 Å². The summed E-state index contributed by atoms with van der Waals surface area (Å²) in [5.74, 6) is -1.13. The van der Waals surface area contributed by atoms with Crippen LogP contribution in [-0.4, -0.2) is 48.7 Å². The number of hydrogen-bond donors (Lipinski definition) is 6. The van der Waals surface area contributed by atoms with Crippen LogP contribution in [0.5, 0.6) is 11.5 Å². The van der Waals surface area contributed by atoms with Crippen molar-refractivity contribution in [3.05, 3.63) is 84.9 Å². The maximum absolute atomic E-state index is 12.9. The van der Waals surface area contributed by atoms with Gasteiger partial charge in [0.05, 0.1) is 0 Å². The number of phenolic OH excluding ortho intramolecular Hbond substituents is 2. The fraction of sp³-hybridized carbons (Fsp3) is 0.0588. The first kappa shape index (κ1) is 32.4. The Morgan fingerprint density at radius 1 is 0.600 bits per heavy atom. The second-order valence-electron chi connectivity index (χ2n) is 10.9. The first-order valence-electron chi connectivity index (χ1n) is 15.2. The van der Waals surface area contributed by atoms with Crippen molar-refractivity contribution in [2.75, 3.05) is 12.5 Å². The van der Waals surface area contributed by atoms with Crippen molar-refractivity contribution in [1.29, 1.82) is 11.0 Å². The number of benzene rings is 6. The summed E-state index contributed by atoms with van der Waals surface area (Å²) in [4.78, 5) is -0.274. The highest BCUT2D eigenvalue weighted by molar-refractivity contribution is 7.99. The summed E-state index contributed by atoms with van der Waals surface area (Å²) in [5, 5.41) is 30.0. The molecule has 50 heavy (non-hydrogen) atoms. The van der Waals surface area contributed by atoms with E-state index in [0.717, 1.165) is 0 Å². The third-order valence-electron chi connectivity index (χ3n) is 8.23. The maximum atomic E-state index is 12.9. The molecule has 0 aliphatic carbocycles. The molecule has 0 aromatic heterocycles. The number of rotatable bonds is 9. The van der Waals surface area contributed by atoms with Crippen LogP contribution < -0.4 is 0 Å². The van der Waals surface area contributed by atoms with Crippen LogP contribution >= 0.6 is 23.5 Å². The quantitative estimate of drug-likeness (QED) is 0.0467. The lowest BCUT2D eigenvalue weighted by molar-refractivity contribution is 0.471. The number of nitrogens with one attached hydrogen (secondary N) is 2. The van der Waals surface area contributed by atoms with Crippen LogP contribution in [0.25, 0.3) is 54.9 Å². The van der Waals surface area contributed by atoms with E-state index < -0.39 is 52.9 Å². The molecule has 0 radical (unpaired) electrons. The Kier molecular flexibility index (Phi) is 8.50. The minimum atomic E-state index is -5.02. The number of aromatic hydroxyl groups is 2. The minimum Gasteiger partial charge on any atom is -0.505 e. The van der Waals surface area contributed by atoms with E-state index in [9.17, 15) is 36.2 Å². The second kappa shape index (κ2) is 13.1. The molecule has 0 saturated heterocycles. The lowest BCUT2D eigenvalue weighted by Crippen LogP contribution is -2.04. The molecule has 0 amide bonds. The highest BCUT2D eigenvalue weighted by Crippen LogP contribution is 2.51. The Morgan fingerprint density at radius 3 is 1.28 bits per heavy atom. The molecule has 0 aliphatic heterocycles. The molecule has 16 heteroatoms. The molecule has 6 aromatic rings. The maximum Gasteiger partial charge on any atom is 0.297 e. The van der Waals surface area contributed by atoms with Gasteiger partial charge in [0, 0.05) is 31.7 Å². The van der Waals surface area contributed by atoms with Crippen LogP contribution in [0.15, 0.2) is 115 Å². The molecular formula is C34H26N4O8S4. The standard InChI is InChI=1S/C34H26N4O8S4/c1-47-25-15-17(11-13-23(25)27-19-7-3-5-9-21(19)31(39)29(37-35)33(27)49(41,42)43)18-12-14-24(26(16-18)48-2)28-20-8-4-6-10-22(20)32(40)30(38-36)34(28)50(44,45)46/h3-16,35-36,39-40H,1-2H3,(H,41,42,43)(H,44,45,46)/b37-35+,38-36+. The Hall–Kier alpha value is -4.84. The molecule has 0 unspecified atom stereocenters. The zero-order valence-electron chi connectivity index (χ0n) is 27.9. The van der Waals surface area contributed by atoms with E-state index in [-0.39, 0.29) is 21.9 Å². The van der Waals surface area contributed by atoms with Crippen molar-refractivity contribution in [2.45, 2.75) is 19.6 Å². The van der Waals surface area contributed by atoms with Gasteiger partial charge in [-0.2, -0.15) is 27.1 Å². The summed E-state index contributed by atoms with van der Waals surface area (Å²) in [6, 6.07) is 23.2. The topological polar surface area (TPSA) is 222 Å². The van der Waals surface area contributed by atoms with E-state index in [4.69, 9.17) is 2.82 Å². The van der Waals surface area contributed by atoms with Crippen LogP contribution in [0.4, 0.5) is 11.4 Å². The van der Waals surface area contributed by atoms with Crippen LogP contribution in [0, 0.1) is 11.0 Å². The number of thioether (sulfide) groups is 2. The van der Waals surface area contributed by atoms with Gasteiger partial charge in [-0.25, -0.2) is 11.0 Å². The molecule has 0 atom stereocenters. The van der Waals surface area contributed by atoms with Crippen molar-refractivity contribution in [1.82, 2.24) is 0 Å². The summed E-state index contributed by atoms with van der Waals surface area (Å²) >= 11 is 2.57. The average molecular weight is 747 g/mol. The number of fused-ring (bicyclic) bond motifs is 2. The zero-order valence-corrected chi connectivity index (χ0v) is 29.2. The second-order valence-corrected chi connectivity index (χ2v) is 15.3. The van der Waals surface area contributed by atoms with Crippen LogP contribution in [0.1, 0.15) is 0 Å². The molecule has 0 bridgehead atoms. The molecule has 0 spiro atoms. The normalized spacial score (nSPS) is 13.0. The predicted molar refractivity (Wildman–Crippen MR) is 194 cm³/mol. The predicted octanol–water partition coefficient (Wildman–Crippen LogP) is 9.67. The van der Waals surface area contributed by atoms with E-state index in [1.54, 1.807) is 97.4 Å². The van der Waals surface area contributed by atoms with Crippen LogP contribution in [0.2, 0.25) is 2.82 Å². The van der Waals surface area contributed by atoms with Gasteiger partial charge in [0.2, 0.25) is 2.82 Å². The first-order valence-corrected chi connectivity index (χ1v) is 19.7. The van der Waals surface area contributed by atoms with Crippen LogP contribution in [-0.2, 0) is 20.2 Å². The van der Waals surface area contributed by atoms with Gasteiger partial charge in [-0.05, 0) is 57.7 Å². The van der Waals surface area contributed by atoms with E-state index >= 15 is 0 Å². The lowest BCUT2D eigenvalue weighted by Gasteiger charge is -2.19. The smallest absolute Gasteiger partial charge is 0.297 e. The van der Waals surface area contributed by atoms with E-state index in [1.807, 2.05) is 0 Å². The Balaban J connectivity index is 1.61. The molecule has 0 heterocycles. The lowest BCUT2D eigenvalue weighted by atomic mass is 9.93. The van der Waals surface area contributed by atoms with Crippen molar-refractivity contribution in [3.63, 3.8) is 0 Å². The summed E-state index contributed by atoms with van der Waals surface area (Å²) < 4.78 is 86.7. The minimum absolute atomic E-state index is 0.0481. The van der Waals surface area contributed by atoms with Gasteiger partial charge in [-0.15, -0.1) is 23.5 Å². The van der Waals surface area contributed by atoms with Gasteiger partial charge in [0.25, 0.3) is 20.2 Å². The highest BCUT2D eigenvalue weighted by Gasteiger charge is 2.31. The van der Waals surface area contributed by atoms with Gasteiger partial charge in [-0.1, -0.05) is 72.8 Å². The Labute approximate surface area is 297 Å². The summed E-state index contributed by atoms with van der Waals surface area (Å²) in [6.07, 6.45) is 3.55. The van der Waals surface area contributed by atoms with Crippen molar-refractivity contribution < 1.29 is 39.0 Å². The largest absolute Gasteiger partial charge is 0.505 e. The number of phenols is 2. The monoisotopic (exact) mass is 746 g/mol. The fourth-order valence-electron chi connectivity index (χ4n) is 6.14. The summed E-state index contributed by atoms with van der Waals surface area (Å²) in [7, 11) is -10.0. The molecule has 254 valence electrons. The van der Waals surface area contributed by atoms with E-state index in [2.05, 4.69) is 21.3 Å². The van der Waals surface area contributed by atoms with Crippen molar-refractivity contribution in [3.8, 4) is 44.9 Å². The number of hydrogen-bond acceptors (Lipinski definition) is 12. The first-order chi connectivity index (χ1) is 24.8. The van der Waals surface area contributed by atoms with E-state index in [0.29, 0.717) is 42.8 Å². The summed E-state index contributed by atoms with van der Waals surface area (Å²) in [6.45, 7) is 0. The molecule has 6 N–H and O–H groups in total. The van der Waals surface area contributed by atoms with Crippen LogP contribution in [0.3, 0.4) is 0 Å². The van der Waals surface area contributed by atoms with E-state index in [1.165, 1.54) is 23.5 Å². The molecular weight excluding hydrogens is 721 g/mol. The average Bonchev–Trinajstić information content (AvgIpc) is 3.12. The van der Waals surface area contributed by atoms with Crippen molar-refractivity contribution in [2.24, 2.45) is 10.2 Å². The van der Waals surface area contributed by atoms with Crippen molar-refractivity contribution >= 4 is 76.7 Å². The SMILES string of the molecule is [H]/N=N/c1c(S(=O)(=O)O)c(-c2ccc(-c3ccc(-c4c(S(=O)(=O)O)c(/N=N/[H])c(O)c5ccccc45)c(SC)c3)cc2SC)c2ccccc2c1O. The highest BCUT2D eigenvalue weighted by atomic mass is 32.2. The Bertz CT molecular complexity index is 2540. The van der Waals surface area contributed by atoms with Gasteiger partial charge >= 0.3 is 0 Å². The third kappa shape index (κ3) is 5.78. The molecule has 12 nitrogen and oxygen atoms in total. The summed E-state index contributed by atoms with van der Waals surface area (Å²) in [5.41, 5.74) is 6.91. The van der Waals surface area contributed by atoms with Gasteiger partial charge in [-0.3, -0.25) is 9.11 Å². The molecule has 6 aromatic carbocycles. The molecule has 6 rings (SSSR count). The Morgan fingerprint density at radius 2 is 0.960 bits per heavy atom. The van der Waals surface area contributed by atoms with Gasteiger partial charge < -0.3 is 10.2 Å². The molecule has 0 fully saturated rings. The molecule has 0 aliphatic rings.